The van der Waals surface area contributed by atoms with Gasteiger partial charge in [0.1, 0.15) is 5.54 Å². The Morgan fingerprint density at radius 2 is 1.92 bits per heavy atom. The van der Waals surface area contributed by atoms with Crippen LogP contribution in [0.4, 0.5) is 10.5 Å². The highest BCUT2D eigenvalue weighted by Crippen LogP contribution is 2.21. The first-order valence-corrected chi connectivity index (χ1v) is 7.86. The molecule has 1 aromatic heterocycles. The summed E-state index contributed by atoms with van der Waals surface area (Å²) in [5, 5.41) is 5.36. The van der Waals surface area contributed by atoms with E-state index in [1.54, 1.807) is 38.1 Å². The first kappa shape index (κ1) is 16.7. The smallest absolute Gasteiger partial charge is 0.320 e. The molecule has 0 aliphatic carbocycles. The van der Waals surface area contributed by atoms with Crippen LogP contribution in [0.15, 0.2) is 41.5 Å². The van der Waals surface area contributed by atoms with Crippen LogP contribution >= 0.6 is 0 Å². The maximum absolute atomic E-state index is 12.8. The van der Waals surface area contributed by atoms with Crippen LogP contribution in [0.3, 0.4) is 0 Å². The summed E-state index contributed by atoms with van der Waals surface area (Å²) in [6.07, 6.45) is 1.33. The zero-order valence-corrected chi connectivity index (χ0v) is 14.0. The number of benzene rings is 1. The standard InChI is InChI=1S/C17H19N5O3/c1-17(2,21-16(25)20-11-6-4-3-5-7-11)15(24)22-8-12-13(9-22)18-10-19-14(12)23/h3-7,10H,8-9H2,1-2H3,(H,18,19,23)(H2,20,21,25). The second-order valence-corrected chi connectivity index (χ2v) is 6.39. The average molecular weight is 341 g/mol. The van der Waals surface area contributed by atoms with Gasteiger partial charge in [-0.25, -0.2) is 9.78 Å². The lowest BCUT2D eigenvalue weighted by molar-refractivity contribution is -0.137. The number of aromatic amines is 1. The van der Waals surface area contributed by atoms with Gasteiger partial charge in [0.25, 0.3) is 5.56 Å². The number of para-hydroxylation sites is 1. The molecule has 0 spiro atoms. The lowest BCUT2D eigenvalue weighted by Gasteiger charge is -2.29. The largest absolute Gasteiger partial charge is 0.330 e. The van der Waals surface area contributed by atoms with E-state index >= 15 is 0 Å². The molecule has 0 saturated carbocycles. The molecule has 0 saturated heterocycles. The van der Waals surface area contributed by atoms with Gasteiger partial charge in [0.15, 0.2) is 0 Å². The topological polar surface area (TPSA) is 107 Å². The molecule has 2 aromatic rings. The molecule has 8 nitrogen and oxygen atoms in total. The molecule has 3 rings (SSSR count). The van der Waals surface area contributed by atoms with Crippen molar-refractivity contribution in [1.82, 2.24) is 20.2 Å². The van der Waals surface area contributed by atoms with Crippen LogP contribution in [0.1, 0.15) is 25.1 Å². The summed E-state index contributed by atoms with van der Waals surface area (Å²) >= 11 is 0. The van der Waals surface area contributed by atoms with Crippen LogP contribution in [0, 0.1) is 0 Å². The molecular weight excluding hydrogens is 322 g/mol. The minimum atomic E-state index is -1.13. The fourth-order valence-electron chi connectivity index (χ4n) is 2.75. The number of carbonyl (C=O) groups is 2. The minimum Gasteiger partial charge on any atom is -0.330 e. The molecule has 3 amide bonds. The van der Waals surface area contributed by atoms with Crippen molar-refractivity contribution >= 4 is 17.6 Å². The Morgan fingerprint density at radius 3 is 2.60 bits per heavy atom. The molecule has 0 unspecified atom stereocenters. The Balaban J connectivity index is 1.66. The van der Waals surface area contributed by atoms with Gasteiger partial charge in [-0.1, -0.05) is 18.2 Å². The minimum absolute atomic E-state index is 0.183. The van der Waals surface area contributed by atoms with Crippen molar-refractivity contribution < 1.29 is 9.59 Å². The number of hydrogen-bond acceptors (Lipinski definition) is 4. The highest BCUT2D eigenvalue weighted by molar-refractivity contribution is 5.95. The third-order valence-corrected chi connectivity index (χ3v) is 4.01. The summed E-state index contributed by atoms with van der Waals surface area (Å²) in [5.74, 6) is -0.284. The zero-order chi connectivity index (χ0) is 18.0. The number of aromatic nitrogens is 2. The van der Waals surface area contributed by atoms with Gasteiger partial charge in [-0.3, -0.25) is 9.59 Å². The van der Waals surface area contributed by atoms with Crippen molar-refractivity contribution in [2.45, 2.75) is 32.5 Å². The van der Waals surface area contributed by atoms with E-state index in [9.17, 15) is 14.4 Å². The number of nitrogens with zero attached hydrogens (tertiary/aromatic N) is 2. The lowest BCUT2D eigenvalue weighted by atomic mass is 10.0. The number of amides is 3. The van der Waals surface area contributed by atoms with Crippen molar-refractivity contribution in [1.29, 1.82) is 0 Å². The number of urea groups is 1. The van der Waals surface area contributed by atoms with E-state index in [0.29, 0.717) is 16.9 Å². The van der Waals surface area contributed by atoms with E-state index in [2.05, 4.69) is 20.6 Å². The first-order chi connectivity index (χ1) is 11.9. The van der Waals surface area contributed by atoms with E-state index in [4.69, 9.17) is 0 Å². The van der Waals surface area contributed by atoms with Crippen LogP contribution in [-0.4, -0.2) is 32.3 Å². The number of H-pyrrole nitrogens is 1. The predicted octanol–water partition coefficient (Wildman–Crippen LogP) is 1.21. The highest BCUT2D eigenvalue weighted by atomic mass is 16.2. The first-order valence-electron chi connectivity index (χ1n) is 7.86. The summed E-state index contributed by atoms with van der Waals surface area (Å²) in [6.45, 7) is 3.69. The fourth-order valence-corrected chi connectivity index (χ4v) is 2.75. The van der Waals surface area contributed by atoms with Gasteiger partial charge in [-0.2, -0.15) is 0 Å². The Kier molecular flexibility index (Phi) is 4.26. The predicted molar refractivity (Wildman–Crippen MR) is 91.8 cm³/mol. The molecular formula is C17H19N5O3. The number of hydrogen-bond donors (Lipinski definition) is 3. The molecule has 1 aromatic carbocycles. The van der Waals surface area contributed by atoms with Crippen LogP contribution in [0.5, 0.6) is 0 Å². The van der Waals surface area contributed by atoms with E-state index < -0.39 is 11.6 Å². The summed E-state index contributed by atoms with van der Waals surface area (Å²) in [4.78, 5) is 44.9. The zero-order valence-electron chi connectivity index (χ0n) is 14.0. The molecule has 25 heavy (non-hydrogen) atoms. The van der Waals surface area contributed by atoms with Crippen molar-refractivity contribution in [3.63, 3.8) is 0 Å². The monoisotopic (exact) mass is 341 g/mol. The van der Waals surface area contributed by atoms with Crippen molar-refractivity contribution in [2.75, 3.05) is 5.32 Å². The second kappa shape index (κ2) is 6.39. The van der Waals surface area contributed by atoms with Crippen LogP contribution < -0.4 is 16.2 Å². The third-order valence-electron chi connectivity index (χ3n) is 4.01. The molecule has 3 N–H and O–H groups in total. The molecule has 2 heterocycles. The maximum Gasteiger partial charge on any atom is 0.320 e. The van der Waals surface area contributed by atoms with E-state index in [0.717, 1.165) is 0 Å². The van der Waals surface area contributed by atoms with Crippen LogP contribution in [0.25, 0.3) is 0 Å². The molecule has 0 atom stereocenters. The van der Waals surface area contributed by atoms with E-state index in [1.807, 2.05) is 6.07 Å². The van der Waals surface area contributed by atoms with Gasteiger partial charge in [-0.15, -0.1) is 0 Å². The lowest BCUT2D eigenvalue weighted by Crippen LogP contribution is -2.55. The maximum atomic E-state index is 12.8. The number of rotatable bonds is 3. The van der Waals surface area contributed by atoms with Gasteiger partial charge in [0.05, 0.1) is 30.7 Å². The normalized spacial score (nSPS) is 13.3. The van der Waals surface area contributed by atoms with Crippen molar-refractivity contribution in [2.24, 2.45) is 0 Å². The molecule has 130 valence electrons. The SMILES string of the molecule is CC(C)(NC(=O)Nc1ccccc1)C(=O)N1Cc2nc[nH]c(=O)c2C1. The fraction of sp³-hybridized carbons (Fsp3) is 0.294. The van der Waals surface area contributed by atoms with Gasteiger partial charge in [-0.05, 0) is 26.0 Å². The molecule has 0 fully saturated rings. The molecule has 1 aliphatic rings. The number of nitrogens with one attached hydrogen (secondary N) is 3. The Bertz CT molecular complexity index is 860. The van der Waals surface area contributed by atoms with Gasteiger partial charge >= 0.3 is 6.03 Å². The van der Waals surface area contributed by atoms with E-state index in [-0.39, 0.29) is 24.6 Å². The molecule has 1 aliphatic heterocycles. The van der Waals surface area contributed by atoms with Gasteiger partial charge < -0.3 is 20.5 Å². The van der Waals surface area contributed by atoms with Crippen molar-refractivity contribution in [3.8, 4) is 0 Å². The molecule has 0 bridgehead atoms. The average Bonchev–Trinajstić information content (AvgIpc) is 3.00. The Labute approximate surface area is 144 Å². The van der Waals surface area contributed by atoms with Crippen LogP contribution in [-0.2, 0) is 17.9 Å². The summed E-state index contributed by atoms with van der Waals surface area (Å²) < 4.78 is 0. The second-order valence-electron chi connectivity index (χ2n) is 6.39. The van der Waals surface area contributed by atoms with Crippen molar-refractivity contribution in [3.05, 3.63) is 58.3 Å². The van der Waals surface area contributed by atoms with E-state index in [1.165, 1.54) is 11.2 Å². The van der Waals surface area contributed by atoms with Crippen LogP contribution in [0.2, 0.25) is 0 Å². The van der Waals surface area contributed by atoms with Gasteiger partial charge in [0.2, 0.25) is 5.91 Å². The summed E-state index contributed by atoms with van der Waals surface area (Å²) in [7, 11) is 0. The highest BCUT2D eigenvalue weighted by Gasteiger charge is 2.37. The van der Waals surface area contributed by atoms with Gasteiger partial charge in [0, 0.05) is 5.69 Å². The molecule has 8 heteroatoms. The molecule has 0 radical (unpaired) electrons. The summed E-state index contributed by atoms with van der Waals surface area (Å²) in [6, 6.07) is 8.48. The summed E-state index contributed by atoms with van der Waals surface area (Å²) in [5.41, 5.74) is 0.329. The number of anilines is 1. The number of fused-ring (bicyclic) bond motifs is 1. The quantitative estimate of drug-likeness (QED) is 0.780. The number of carbonyl (C=O) groups excluding carboxylic acids is 2. The Morgan fingerprint density at radius 1 is 1.20 bits per heavy atom. The third kappa shape index (κ3) is 3.52. The Hall–Kier alpha value is -3.16.